The van der Waals surface area contributed by atoms with Crippen molar-refractivity contribution in [3.05, 3.63) is 0 Å². The van der Waals surface area contributed by atoms with E-state index in [1.54, 1.807) is 0 Å². The first-order valence-corrected chi connectivity index (χ1v) is 5.27. The molecule has 88 valence electrons. The van der Waals surface area contributed by atoms with Crippen LogP contribution in [0.1, 0.15) is 27.2 Å². The highest BCUT2D eigenvalue weighted by Crippen LogP contribution is 2.08. The fraction of sp³-hybridized carbons (Fsp3) is 0.900. The molecule has 1 heterocycles. The van der Waals surface area contributed by atoms with Crippen LogP contribution in [0.2, 0.25) is 0 Å². The summed E-state index contributed by atoms with van der Waals surface area (Å²) in [7, 11) is 0. The van der Waals surface area contributed by atoms with Crippen molar-refractivity contribution in [1.82, 2.24) is 10.6 Å². The van der Waals surface area contributed by atoms with Gasteiger partial charge in [-0.05, 0) is 33.7 Å². The first-order valence-electron chi connectivity index (χ1n) is 5.27. The van der Waals surface area contributed by atoms with Crippen molar-refractivity contribution in [2.75, 3.05) is 13.1 Å². The van der Waals surface area contributed by atoms with Crippen molar-refractivity contribution >= 4 is 6.09 Å². The van der Waals surface area contributed by atoms with Crippen molar-refractivity contribution < 1.29 is 14.6 Å². The second-order valence-corrected chi connectivity index (χ2v) is 4.81. The molecule has 5 nitrogen and oxygen atoms in total. The maximum Gasteiger partial charge on any atom is 0.408 e. The summed E-state index contributed by atoms with van der Waals surface area (Å²) in [5.41, 5.74) is -0.503. The van der Waals surface area contributed by atoms with E-state index in [2.05, 4.69) is 10.6 Å². The van der Waals surface area contributed by atoms with Crippen LogP contribution in [-0.2, 0) is 4.74 Å². The van der Waals surface area contributed by atoms with Crippen LogP contribution < -0.4 is 10.6 Å². The molecule has 1 fully saturated rings. The average molecular weight is 216 g/mol. The average Bonchev–Trinajstić information content (AvgIpc) is 2.05. The van der Waals surface area contributed by atoms with E-state index in [0.717, 1.165) is 6.54 Å². The number of amides is 1. The monoisotopic (exact) mass is 216 g/mol. The minimum atomic E-state index is -0.503. The Kier molecular flexibility index (Phi) is 3.93. The zero-order valence-electron chi connectivity index (χ0n) is 9.54. The molecule has 3 N–H and O–H groups in total. The van der Waals surface area contributed by atoms with Gasteiger partial charge < -0.3 is 20.5 Å². The number of alkyl carbamates (subject to hydrolysis) is 1. The Morgan fingerprint density at radius 2 is 2.20 bits per heavy atom. The number of aliphatic hydroxyl groups excluding tert-OH is 1. The number of nitrogens with one attached hydrogen (secondary N) is 2. The molecule has 1 unspecified atom stereocenters. The smallest absolute Gasteiger partial charge is 0.408 e. The van der Waals surface area contributed by atoms with Crippen molar-refractivity contribution in [3.63, 3.8) is 0 Å². The lowest BCUT2D eigenvalue weighted by Crippen LogP contribution is -2.54. The number of carbonyl (C=O) groups is 1. The van der Waals surface area contributed by atoms with Crippen LogP contribution in [0.4, 0.5) is 4.79 Å². The third kappa shape index (κ3) is 4.48. The first kappa shape index (κ1) is 12.3. The molecule has 1 aliphatic heterocycles. The lowest BCUT2D eigenvalue weighted by atomic mass is 10.0. The molecule has 0 bridgehead atoms. The summed E-state index contributed by atoms with van der Waals surface area (Å²) in [4.78, 5) is 11.4. The summed E-state index contributed by atoms with van der Waals surface area (Å²) in [6.07, 6.45) is -0.311. The second-order valence-electron chi connectivity index (χ2n) is 4.81. The van der Waals surface area contributed by atoms with Crippen LogP contribution in [0.25, 0.3) is 0 Å². The summed E-state index contributed by atoms with van der Waals surface area (Å²) in [6.45, 7) is 6.79. The molecule has 0 aliphatic carbocycles. The largest absolute Gasteiger partial charge is 0.444 e. The Hall–Kier alpha value is -0.810. The van der Waals surface area contributed by atoms with Crippen LogP contribution in [0.5, 0.6) is 0 Å². The van der Waals surface area contributed by atoms with Crippen LogP contribution in [0.3, 0.4) is 0 Å². The lowest BCUT2D eigenvalue weighted by molar-refractivity contribution is 0.0383. The van der Waals surface area contributed by atoms with Gasteiger partial charge in [0.25, 0.3) is 0 Å². The zero-order chi connectivity index (χ0) is 11.5. The quantitative estimate of drug-likeness (QED) is 0.587. The molecule has 2 atom stereocenters. The summed E-state index contributed by atoms with van der Waals surface area (Å²) in [5.74, 6) is 0. The maximum absolute atomic E-state index is 11.4. The Balaban J connectivity index is 2.36. The van der Waals surface area contributed by atoms with Crippen molar-refractivity contribution in [3.8, 4) is 0 Å². The van der Waals surface area contributed by atoms with Gasteiger partial charge >= 0.3 is 6.09 Å². The Labute approximate surface area is 90.2 Å². The fourth-order valence-corrected chi connectivity index (χ4v) is 1.45. The molecule has 0 aromatic rings. The molecule has 0 aromatic heterocycles. The molecule has 0 aromatic carbocycles. The van der Waals surface area contributed by atoms with Crippen LogP contribution in [-0.4, -0.2) is 42.0 Å². The predicted molar refractivity (Wildman–Crippen MR) is 56.7 cm³/mol. The molecule has 5 heteroatoms. The molecule has 15 heavy (non-hydrogen) atoms. The number of piperidine rings is 1. The highest BCUT2D eigenvalue weighted by Gasteiger charge is 2.26. The first-order chi connectivity index (χ1) is 6.88. The molecule has 0 spiro atoms. The lowest BCUT2D eigenvalue weighted by Gasteiger charge is -2.30. The van der Waals surface area contributed by atoms with Crippen LogP contribution >= 0.6 is 0 Å². The predicted octanol–water partition coefficient (Wildman–Crippen LogP) is 0.234. The Morgan fingerprint density at radius 3 is 2.73 bits per heavy atom. The van der Waals surface area contributed by atoms with Gasteiger partial charge in [-0.1, -0.05) is 0 Å². The van der Waals surface area contributed by atoms with Gasteiger partial charge in [0.15, 0.2) is 0 Å². The van der Waals surface area contributed by atoms with Gasteiger partial charge in [-0.15, -0.1) is 0 Å². The van der Waals surface area contributed by atoms with Crippen LogP contribution in [0.15, 0.2) is 0 Å². The fourth-order valence-electron chi connectivity index (χ4n) is 1.45. The van der Waals surface area contributed by atoms with Gasteiger partial charge in [0.2, 0.25) is 0 Å². The number of ether oxygens (including phenoxy) is 1. The standard InChI is InChI=1S/C10H20N2O3/c1-10(2,3)15-9(14)12-7-6-11-5-4-8(7)13/h7-8,11,13H,4-6H2,1-3H3,(H,12,14)/t7-,8?/m1/s1. The van der Waals surface area contributed by atoms with E-state index in [9.17, 15) is 9.90 Å². The van der Waals surface area contributed by atoms with E-state index in [4.69, 9.17) is 4.74 Å². The Bertz CT molecular complexity index is 225. The highest BCUT2D eigenvalue weighted by molar-refractivity contribution is 5.68. The number of carbonyl (C=O) groups excluding carboxylic acids is 1. The second kappa shape index (κ2) is 4.81. The van der Waals surface area contributed by atoms with Gasteiger partial charge in [-0.3, -0.25) is 0 Å². The van der Waals surface area contributed by atoms with Gasteiger partial charge in [0.05, 0.1) is 12.1 Å². The number of aliphatic hydroxyl groups is 1. The Morgan fingerprint density at radius 1 is 1.53 bits per heavy atom. The van der Waals surface area contributed by atoms with E-state index >= 15 is 0 Å². The summed E-state index contributed by atoms with van der Waals surface area (Å²) >= 11 is 0. The number of hydrogen-bond donors (Lipinski definition) is 3. The SMILES string of the molecule is CC(C)(C)OC(=O)N[C@@H]1CNCCC1O. The van der Waals surface area contributed by atoms with Crippen molar-refractivity contribution in [2.24, 2.45) is 0 Å². The topological polar surface area (TPSA) is 70.6 Å². The minimum Gasteiger partial charge on any atom is -0.444 e. The molecular weight excluding hydrogens is 196 g/mol. The van der Waals surface area contributed by atoms with E-state index in [-0.39, 0.29) is 6.04 Å². The molecule has 0 radical (unpaired) electrons. The number of rotatable bonds is 1. The summed E-state index contributed by atoms with van der Waals surface area (Å²) in [6, 6.07) is -0.256. The van der Waals surface area contributed by atoms with Gasteiger partial charge in [-0.2, -0.15) is 0 Å². The maximum atomic E-state index is 11.4. The normalized spacial score (nSPS) is 27.2. The highest BCUT2D eigenvalue weighted by atomic mass is 16.6. The molecule has 1 amide bonds. The van der Waals surface area contributed by atoms with Gasteiger partial charge in [-0.25, -0.2) is 4.79 Å². The minimum absolute atomic E-state index is 0.256. The van der Waals surface area contributed by atoms with E-state index in [0.29, 0.717) is 13.0 Å². The van der Waals surface area contributed by atoms with E-state index in [1.165, 1.54) is 0 Å². The number of hydrogen-bond acceptors (Lipinski definition) is 4. The zero-order valence-corrected chi connectivity index (χ0v) is 9.54. The molecule has 1 rings (SSSR count). The van der Waals surface area contributed by atoms with Crippen LogP contribution in [0, 0.1) is 0 Å². The van der Waals surface area contributed by atoms with E-state index in [1.807, 2.05) is 20.8 Å². The summed E-state index contributed by atoms with van der Waals surface area (Å²) < 4.78 is 5.10. The van der Waals surface area contributed by atoms with Gasteiger partial charge in [0, 0.05) is 6.54 Å². The third-order valence-corrected chi connectivity index (χ3v) is 2.15. The molecule has 1 aliphatic rings. The third-order valence-electron chi connectivity index (χ3n) is 2.15. The van der Waals surface area contributed by atoms with Crippen molar-refractivity contribution in [1.29, 1.82) is 0 Å². The molecule has 0 saturated carbocycles. The molecule has 1 saturated heterocycles. The van der Waals surface area contributed by atoms with Gasteiger partial charge in [0.1, 0.15) is 5.60 Å². The van der Waals surface area contributed by atoms with Crippen molar-refractivity contribution in [2.45, 2.75) is 44.9 Å². The van der Waals surface area contributed by atoms with E-state index < -0.39 is 17.8 Å². The molecular formula is C10H20N2O3. The summed E-state index contributed by atoms with van der Waals surface area (Å²) in [5, 5.41) is 15.4.